The van der Waals surface area contributed by atoms with E-state index in [0.717, 1.165) is 36.7 Å². The first-order valence-electron chi connectivity index (χ1n) is 9.53. The molecule has 150 valence electrons. The number of benzene rings is 2. The minimum absolute atomic E-state index is 0.0461. The van der Waals surface area contributed by atoms with Crippen LogP contribution in [0.2, 0.25) is 0 Å². The number of rotatable bonds is 3. The van der Waals surface area contributed by atoms with Crippen LogP contribution in [0.5, 0.6) is 0 Å². The molecule has 1 aliphatic heterocycles. The van der Waals surface area contributed by atoms with E-state index in [1.54, 1.807) is 24.3 Å². The van der Waals surface area contributed by atoms with E-state index in [2.05, 4.69) is 10.6 Å². The van der Waals surface area contributed by atoms with Gasteiger partial charge in [0, 0.05) is 12.2 Å². The molecule has 6 heteroatoms. The van der Waals surface area contributed by atoms with Crippen LogP contribution in [0.1, 0.15) is 16.7 Å². The maximum atomic E-state index is 14.4. The third-order valence-electron chi connectivity index (χ3n) is 5.63. The monoisotopic (exact) mass is 398 g/mol. The zero-order chi connectivity index (χ0) is 20.5. The van der Waals surface area contributed by atoms with Crippen LogP contribution in [0.25, 0.3) is 0 Å². The van der Waals surface area contributed by atoms with Crippen LogP contribution < -0.4 is 10.6 Å². The van der Waals surface area contributed by atoms with E-state index in [4.69, 9.17) is 0 Å². The van der Waals surface area contributed by atoms with Gasteiger partial charge >= 0.3 is 6.18 Å². The first-order valence-corrected chi connectivity index (χ1v) is 9.53. The van der Waals surface area contributed by atoms with Gasteiger partial charge in [0.15, 0.2) is 0 Å². The number of allylic oxidation sites excluding steroid dienone is 3. The predicted molar refractivity (Wildman–Crippen MR) is 106 cm³/mol. The average Bonchev–Trinajstić information content (AvgIpc) is 2.73. The van der Waals surface area contributed by atoms with Gasteiger partial charge in [-0.25, -0.2) is 0 Å². The highest BCUT2D eigenvalue weighted by atomic mass is 19.4. The van der Waals surface area contributed by atoms with Gasteiger partial charge in [-0.2, -0.15) is 13.2 Å². The molecule has 1 aliphatic carbocycles. The van der Waals surface area contributed by atoms with Gasteiger partial charge in [0.05, 0.1) is 5.92 Å². The first kappa shape index (κ1) is 19.5. The highest BCUT2D eigenvalue weighted by molar-refractivity contribution is 5.95. The number of alkyl halides is 3. The van der Waals surface area contributed by atoms with Gasteiger partial charge in [-0.05, 0) is 41.8 Å². The lowest BCUT2D eigenvalue weighted by Crippen LogP contribution is -2.51. The molecule has 2 N–H and O–H groups in total. The van der Waals surface area contributed by atoms with Crippen molar-refractivity contribution in [3.05, 3.63) is 89.5 Å². The summed E-state index contributed by atoms with van der Waals surface area (Å²) in [5.74, 6) is -2.09. The SMILES string of the molecule is O=C(Nc1ccc2c(c1)CCNC2)C1C=CC=CC1(c1ccccc1)C(F)(F)F. The van der Waals surface area contributed by atoms with Gasteiger partial charge in [0.25, 0.3) is 0 Å². The zero-order valence-corrected chi connectivity index (χ0v) is 15.7. The summed E-state index contributed by atoms with van der Waals surface area (Å²) in [5.41, 5.74) is 0.396. The summed E-state index contributed by atoms with van der Waals surface area (Å²) in [6.07, 6.45) is 1.45. The smallest absolute Gasteiger partial charge is 0.326 e. The summed E-state index contributed by atoms with van der Waals surface area (Å²) >= 11 is 0. The second-order valence-electron chi connectivity index (χ2n) is 7.35. The maximum absolute atomic E-state index is 14.4. The summed E-state index contributed by atoms with van der Waals surface area (Å²) in [4.78, 5) is 13.1. The van der Waals surface area contributed by atoms with E-state index >= 15 is 0 Å². The highest BCUT2D eigenvalue weighted by Gasteiger charge is 2.60. The van der Waals surface area contributed by atoms with E-state index in [1.165, 1.54) is 30.4 Å². The molecule has 0 spiro atoms. The quantitative estimate of drug-likeness (QED) is 0.799. The topological polar surface area (TPSA) is 41.1 Å². The molecule has 2 aromatic rings. The Hall–Kier alpha value is -2.86. The Bertz CT molecular complexity index is 966. The molecule has 3 nitrogen and oxygen atoms in total. The number of amides is 1. The Morgan fingerprint density at radius 3 is 2.62 bits per heavy atom. The third-order valence-corrected chi connectivity index (χ3v) is 5.63. The third kappa shape index (κ3) is 3.49. The fourth-order valence-electron chi connectivity index (χ4n) is 4.13. The second kappa shape index (κ2) is 7.52. The molecule has 1 heterocycles. The van der Waals surface area contributed by atoms with Crippen molar-refractivity contribution in [3.63, 3.8) is 0 Å². The Morgan fingerprint density at radius 2 is 1.86 bits per heavy atom. The normalized spacial score (nSPS) is 23.5. The second-order valence-corrected chi connectivity index (χ2v) is 7.35. The molecule has 2 aromatic carbocycles. The number of hydrogen-bond donors (Lipinski definition) is 2. The van der Waals surface area contributed by atoms with Crippen LogP contribution in [0, 0.1) is 5.92 Å². The minimum Gasteiger partial charge on any atom is -0.326 e. The molecule has 0 saturated carbocycles. The van der Waals surface area contributed by atoms with Crippen molar-refractivity contribution >= 4 is 11.6 Å². The maximum Gasteiger partial charge on any atom is 0.402 e. The van der Waals surface area contributed by atoms with Crippen LogP contribution in [0.3, 0.4) is 0 Å². The van der Waals surface area contributed by atoms with E-state index in [-0.39, 0.29) is 5.56 Å². The van der Waals surface area contributed by atoms with Gasteiger partial charge in [0.2, 0.25) is 5.91 Å². The van der Waals surface area contributed by atoms with Gasteiger partial charge in [-0.15, -0.1) is 0 Å². The van der Waals surface area contributed by atoms with Crippen molar-refractivity contribution in [2.45, 2.75) is 24.6 Å². The molecule has 0 aromatic heterocycles. The lowest BCUT2D eigenvalue weighted by molar-refractivity contribution is -0.188. The van der Waals surface area contributed by atoms with E-state index in [1.807, 2.05) is 12.1 Å². The standard InChI is InChI=1S/C23H21F3N2O/c24-23(25,26)22(18-6-2-1-3-7-18)12-5-4-8-20(22)21(29)28-19-10-9-17-15-27-13-11-16(17)14-19/h1-10,12,14,20,27H,11,13,15H2,(H,28,29). The number of halogens is 3. The lowest BCUT2D eigenvalue weighted by atomic mass is 9.67. The molecule has 0 bridgehead atoms. The minimum atomic E-state index is -4.64. The number of carbonyl (C=O) groups excluding carboxylic acids is 1. The van der Waals surface area contributed by atoms with Gasteiger partial charge in [-0.1, -0.05) is 60.7 Å². The fourth-order valence-corrected chi connectivity index (χ4v) is 4.13. The van der Waals surface area contributed by atoms with Crippen molar-refractivity contribution in [1.82, 2.24) is 5.32 Å². The molecule has 2 unspecified atom stereocenters. The first-order chi connectivity index (χ1) is 13.9. The molecule has 0 saturated heterocycles. The Morgan fingerprint density at radius 1 is 1.07 bits per heavy atom. The molecule has 2 aliphatic rings. The van der Waals surface area contributed by atoms with Crippen molar-refractivity contribution < 1.29 is 18.0 Å². The molecule has 4 rings (SSSR count). The Labute approximate surface area is 167 Å². The van der Waals surface area contributed by atoms with Crippen LogP contribution in [-0.4, -0.2) is 18.6 Å². The zero-order valence-electron chi connectivity index (χ0n) is 15.7. The van der Waals surface area contributed by atoms with Crippen molar-refractivity contribution in [2.75, 3.05) is 11.9 Å². The van der Waals surface area contributed by atoms with Crippen LogP contribution in [-0.2, 0) is 23.2 Å². The molecular formula is C23H21F3N2O. The number of anilines is 1. The lowest BCUT2D eigenvalue weighted by Gasteiger charge is -2.39. The average molecular weight is 398 g/mol. The van der Waals surface area contributed by atoms with Crippen molar-refractivity contribution in [1.29, 1.82) is 0 Å². The van der Waals surface area contributed by atoms with Gasteiger partial charge in [0.1, 0.15) is 5.41 Å². The van der Waals surface area contributed by atoms with Gasteiger partial charge in [-0.3, -0.25) is 4.79 Å². The summed E-state index contributed by atoms with van der Waals surface area (Å²) in [6.45, 7) is 1.59. The van der Waals surface area contributed by atoms with Gasteiger partial charge < -0.3 is 10.6 Å². The Balaban J connectivity index is 1.69. The van der Waals surface area contributed by atoms with Crippen LogP contribution >= 0.6 is 0 Å². The molecule has 2 atom stereocenters. The van der Waals surface area contributed by atoms with E-state index in [0.29, 0.717) is 5.69 Å². The number of carbonyl (C=O) groups is 1. The largest absolute Gasteiger partial charge is 0.402 e. The van der Waals surface area contributed by atoms with E-state index in [9.17, 15) is 18.0 Å². The molecular weight excluding hydrogens is 377 g/mol. The van der Waals surface area contributed by atoms with Crippen LogP contribution in [0.15, 0.2) is 72.8 Å². The van der Waals surface area contributed by atoms with Crippen molar-refractivity contribution in [3.8, 4) is 0 Å². The number of fused-ring (bicyclic) bond motifs is 1. The summed E-state index contributed by atoms with van der Waals surface area (Å²) in [5, 5.41) is 5.98. The number of hydrogen-bond acceptors (Lipinski definition) is 2. The molecule has 29 heavy (non-hydrogen) atoms. The molecule has 0 radical (unpaired) electrons. The Kier molecular flexibility index (Phi) is 5.04. The summed E-state index contributed by atoms with van der Waals surface area (Å²) in [7, 11) is 0. The van der Waals surface area contributed by atoms with E-state index < -0.39 is 23.4 Å². The van der Waals surface area contributed by atoms with Crippen LogP contribution in [0.4, 0.5) is 18.9 Å². The van der Waals surface area contributed by atoms with Crippen molar-refractivity contribution in [2.24, 2.45) is 5.92 Å². The summed E-state index contributed by atoms with van der Waals surface area (Å²) in [6, 6.07) is 13.1. The summed E-state index contributed by atoms with van der Waals surface area (Å²) < 4.78 is 43.2. The predicted octanol–water partition coefficient (Wildman–Crippen LogP) is 4.51. The number of nitrogens with one attached hydrogen (secondary N) is 2. The highest BCUT2D eigenvalue weighted by Crippen LogP contribution is 2.50. The fraction of sp³-hybridized carbons (Fsp3) is 0.261. The molecule has 1 amide bonds. The molecule has 0 fully saturated rings.